The van der Waals surface area contributed by atoms with Gasteiger partial charge < -0.3 is 5.11 Å². The zero-order valence-electron chi connectivity index (χ0n) is 11.8. The van der Waals surface area contributed by atoms with Crippen LogP contribution in [0.5, 0.6) is 0 Å². The van der Waals surface area contributed by atoms with Gasteiger partial charge in [-0.1, -0.05) is 31.4 Å². The minimum Gasteiger partial charge on any atom is -0.394 e. The van der Waals surface area contributed by atoms with E-state index in [0.29, 0.717) is 18.8 Å². The van der Waals surface area contributed by atoms with E-state index < -0.39 is 26.3 Å². The Hall–Kier alpha value is -0.690. The summed E-state index contributed by atoms with van der Waals surface area (Å²) in [5.41, 5.74) is -0.914. The van der Waals surface area contributed by atoms with Crippen LogP contribution in [-0.4, -0.2) is 25.7 Å². The molecule has 7 heteroatoms. The SMILES string of the molecule is CC1CCCC(CO)(NS(=O)(=O)c2ccc(Cl)cc2F)C1. The first-order valence-electron chi connectivity index (χ1n) is 6.88. The minimum atomic E-state index is -4.04. The minimum absolute atomic E-state index is 0.134. The number of nitrogens with one attached hydrogen (secondary N) is 1. The third kappa shape index (κ3) is 3.74. The number of hydrogen-bond donors (Lipinski definition) is 2. The fourth-order valence-corrected chi connectivity index (χ4v) is 4.61. The molecule has 1 aliphatic rings. The van der Waals surface area contributed by atoms with Crippen LogP contribution in [0.2, 0.25) is 5.02 Å². The van der Waals surface area contributed by atoms with Crippen LogP contribution in [0.1, 0.15) is 32.6 Å². The summed E-state index contributed by atoms with van der Waals surface area (Å²) in [5, 5.41) is 9.78. The van der Waals surface area contributed by atoms with Gasteiger partial charge in [-0.2, -0.15) is 0 Å². The molecule has 1 aromatic rings. The Balaban J connectivity index is 2.31. The largest absolute Gasteiger partial charge is 0.394 e. The number of benzene rings is 1. The molecule has 0 saturated heterocycles. The molecule has 0 amide bonds. The summed E-state index contributed by atoms with van der Waals surface area (Å²) in [5.74, 6) is -0.587. The van der Waals surface area contributed by atoms with E-state index in [0.717, 1.165) is 25.0 Å². The van der Waals surface area contributed by atoms with Gasteiger partial charge >= 0.3 is 0 Å². The van der Waals surface area contributed by atoms with Crippen LogP contribution in [0.4, 0.5) is 4.39 Å². The third-order valence-electron chi connectivity index (χ3n) is 3.93. The van der Waals surface area contributed by atoms with Gasteiger partial charge in [0.2, 0.25) is 10.0 Å². The van der Waals surface area contributed by atoms with Gasteiger partial charge in [-0.15, -0.1) is 0 Å². The Morgan fingerprint density at radius 2 is 2.24 bits per heavy atom. The molecule has 0 heterocycles. The van der Waals surface area contributed by atoms with Gasteiger partial charge in [0.25, 0.3) is 0 Å². The lowest BCUT2D eigenvalue weighted by molar-refractivity contribution is 0.119. The van der Waals surface area contributed by atoms with Gasteiger partial charge in [-0.25, -0.2) is 17.5 Å². The van der Waals surface area contributed by atoms with Crippen molar-refractivity contribution >= 4 is 21.6 Å². The Morgan fingerprint density at radius 1 is 1.52 bits per heavy atom. The topological polar surface area (TPSA) is 66.4 Å². The maximum absolute atomic E-state index is 13.8. The van der Waals surface area contributed by atoms with Crippen molar-refractivity contribution in [2.45, 2.75) is 43.0 Å². The highest BCUT2D eigenvalue weighted by molar-refractivity contribution is 7.89. The molecule has 0 radical (unpaired) electrons. The van der Waals surface area contributed by atoms with E-state index >= 15 is 0 Å². The fraction of sp³-hybridized carbons (Fsp3) is 0.571. The lowest BCUT2D eigenvalue weighted by atomic mass is 9.78. The molecule has 0 aliphatic heterocycles. The average Bonchev–Trinajstić information content (AvgIpc) is 2.37. The number of aliphatic hydroxyl groups is 1. The van der Waals surface area contributed by atoms with Crippen molar-refractivity contribution in [3.05, 3.63) is 29.0 Å². The van der Waals surface area contributed by atoms with Crippen LogP contribution >= 0.6 is 11.6 Å². The van der Waals surface area contributed by atoms with E-state index in [9.17, 15) is 17.9 Å². The van der Waals surface area contributed by atoms with Gasteiger partial charge in [-0.3, -0.25) is 0 Å². The summed E-state index contributed by atoms with van der Waals surface area (Å²) in [6.45, 7) is 1.71. The predicted octanol–water partition coefficient (Wildman–Crippen LogP) is 2.70. The molecule has 2 unspecified atom stereocenters. The molecule has 0 bridgehead atoms. The van der Waals surface area contributed by atoms with E-state index in [1.54, 1.807) is 0 Å². The lowest BCUT2D eigenvalue weighted by Gasteiger charge is -2.39. The van der Waals surface area contributed by atoms with Gasteiger partial charge in [0.1, 0.15) is 10.7 Å². The van der Waals surface area contributed by atoms with E-state index in [1.807, 2.05) is 6.92 Å². The number of sulfonamides is 1. The van der Waals surface area contributed by atoms with Gasteiger partial charge in [0.05, 0.1) is 12.1 Å². The number of rotatable bonds is 4. The molecular weight excluding hydrogens is 317 g/mol. The Morgan fingerprint density at radius 3 is 2.81 bits per heavy atom. The van der Waals surface area contributed by atoms with Crippen molar-refractivity contribution in [2.75, 3.05) is 6.61 Å². The second-order valence-electron chi connectivity index (χ2n) is 5.82. The van der Waals surface area contributed by atoms with Crippen LogP contribution in [-0.2, 0) is 10.0 Å². The molecule has 1 aliphatic carbocycles. The third-order valence-corrected chi connectivity index (χ3v) is 5.78. The summed E-state index contributed by atoms with van der Waals surface area (Å²) < 4.78 is 41.1. The molecule has 118 valence electrons. The molecule has 1 saturated carbocycles. The Labute approximate surface area is 129 Å². The maximum atomic E-state index is 13.8. The molecule has 0 aromatic heterocycles. The van der Waals surface area contributed by atoms with Crippen molar-refractivity contribution in [3.8, 4) is 0 Å². The number of hydrogen-bond acceptors (Lipinski definition) is 3. The second kappa shape index (κ2) is 6.20. The van der Waals surface area contributed by atoms with E-state index in [1.165, 1.54) is 6.07 Å². The maximum Gasteiger partial charge on any atom is 0.244 e. The normalized spacial score (nSPS) is 26.8. The predicted molar refractivity (Wildman–Crippen MR) is 79.2 cm³/mol. The molecule has 4 nitrogen and oxygen atoms in total. The molecular formula is C14H19ClFNO3S. The molecule has 21 heavy (non-hydrogen) atoms. The Kier molecular flexibility index (Phi) is 4.92. The monoisotopic (exact) mass is 335 g/mol. The molecule has 0 spiro atoms. The quantitative estimate of drug-likeness (QED) is 0.889. The summed E-state index contributed by atoms with van der Waals surface area (Å²) in [4.78, 5) is -0.446. The summed E-state index contributed by atoms with van der Waals surface area (Å²) in [7, 11) is -4.04. The van der Waals surface area contributed by atoms with Crippen molar-refractivity contribution in [2.24, 2.45) is 5.92 Å². The van der Waals surface area contributed by atoms with E-state index in [4.69, 9.17) is 11.6 Å². The lowest BCUT2D eigenvalue weighted by Crippen LogP contribution is -2.53. The number of halogens is 2. The molecule has 2 atom stereocenters. The van der Waals surface area contributed by atoms with Crippen LogP contribution in [0.15, 0.2) is 23.1 Å². The van der Waals surface area contributed by atoms with Crippen molar-refractivity contribution in [3.63, 3.8) is 0 Å². The summed E-state index contributed by atoms with van der Waals surface area (Å²) in [6, 6.07) is 3.43. The first kappa shape index (κ1) is 16.7. The first-order valence-corrected chi connectivity index (χ1v) is 8.74. The van der Waals surface area contributed by atoms with Crippen molar-refractivity contribution in [1.29, 1.82) is 0 Å². The van der Waals surface area contributed by atoms with Crippen LogP contribution in [0.25, 0.3) is 0 Å². The van der Waals surface area contributed by atoms with Crippen molar-refractivity contribution < 1.29 is 17.9 Å². The Bertz CT molecular complexity index is 623. The second-order valence-corrected chi connectivity index (χ2v) is 7.91. The summed E-state index contributed by atoms with van der Waals surface area (Å²) >= 11 is 5.64. The molecule has 1 fully saturated rings. The number of aliphatic hydroxyl groups excluding tert-OH is 1. The molecule has 2 rings (SSSR count). The van der Waals surface area contributed by atoms with Gasteiger partial charge in [0, 0.05) is 5.02 Å². The van der Waals surface area contributed by atoms with E-state index in [-0.39, 0.29) is 11.6 Å². The van der Waals surface area contributed by atoms with Crippen molar-refractivity contribution in [1.82, 2.24) is 4.72 Å². The zero-order chi connectivity index (χ0) is 15.7. The first-order chi connectivity index (χ1) is 9.78. The standard InChI is InChI=1S/C14H19ClFNO3S/c1-10-3-2-6-14(8-10,9-18)17-21(19,20)13-5-4-11(15)7-12(13)16/h4-5,7,10,17-18H,2-3,6,8-9H2,1H3. The van der Waals surface area contributed by atoms with Gasteiger partial charge in [-0.05, 0) is 37.0 Å². The highest BCUT2D eigenvalue weighted by Crippen LogP contribution is 2.33. The van der Waals surface area contributed by atoms with Crippen LogP contribution < -0.4 is 4.72 Å². The summed E-state index contributed by atoms with van der Waals surface area (Å²) in [6.07, 6.45) is 2.91. The van der Waals surface area contributed by atoms with Crippen LogP contribution in [0.3, 0.4) is 0 Å². The fourth-order valence-electron chi connectivity index (χ4n) is 2.96. The van der Waals surface area contributed by atoms with Crippen LogP contribution in [0, 0.1) is 11.7 Å². The average molecular weight is 336 g/mol. The highest BCUT2D eigenvalue weighted by Gasteiger charge is 2.39. The highest BCUT2D eigenvalue weighted by atomic mass is 35.5. The van der Waals surface area contributed by atoms with Gasteiger partial charge in [0.15, 0.2) is 0 Å². The zero-order valence-corrected chi connectivity index (χ0v) is 13.3. The molecule has 2 N–H and O–H groups in total. The molecule has 1 aromatic carbocycles. The smallest absolute Gasteiger partial charge is 0.244 e. The van der Waals surface area contributed by atoms with E-state index in [2.05, 4.69) is 4.72 Å².